The van der Waals surface area contributed by atoms with Gasteiger partial charge in [-0.3, -0.25) is 23.9 Å². The number of alkyl halides is 3. The molecule has 1 fully saturated rings. The van der Waals surface area contributed by atoms with Crippen molar-refractivity contribution in [3.05, 3.63) is 69.2 Å². The molecule has 1 aromatic heterocycles. The summed E-state index contributed by atoms with van der Waals surface area (Å²) >= 11 is 0. The summed E-state index contributed by atoms with van der Waals surface area (Å²) in [5.74, 6) is -4.80. The molecule has 0 spiro atoms. The number of H-pyrrole nitrogens is 1. The monoisotopic (exact) mass is 618 g/mol. The van der Waals surface area contributed by atoms with Crippen LogP contribution >= 0.6 is 0 Å². The van der Waals surface area contributed by atoms with Gasteiger partial charge in [0, 0.05) is 23.9 Å². The molecule has 16 nitrogen and oxygen atoms in total. The number of aliphatic hydroxyl groups is 4. The van der Waals surface area contributed by atoms with Crippen molar-refractivity contribution in [3.63, 3.8) is 0 Å². The number of rotatable bonds is 9. The van der Waals surface area contributed by atoms with Crippen LogP contribution in [0.15, 0.2) is 58.0 Å². The zero-order chi connectivity index (χ0) is 31.6. The van der Waals surface area contributed by atoms with Crippen LogP contribution < -0.4 is 27.0 Å². The molecule has 0 aliphatic carbocycles. The lowest BCUT2D eigenvalue weighted by molar-refractivity contribution is -0.274. The normalized spacial score (nSPS) is 28.0. The Morgan fingerprint density at radius 3 is 2.37 bits per heavy atom. The Morgan fingerprint density at radius 2 is 1.79 bits per heavy atom. The highest BCUT2D eigenvalue weighted by Crippen LogP contribution is 2.36. The molecule has 0 radical (unpaired) electrons. The predicted octanol–water partition coefficient (Wildman–Crippen LogP) is -2.23. The Bertz CT molecular complexity index is 1480. The Morgan fingerprint density at radius 1 is 1.12 bits per heavy atom. The molecular formula is C24H25F3N4O12. The number of nitrogens with two attached hydrogens (primary N) is 1. The number of hydrogen-bond donors (Lipinski definition) is 7. The Labute approximate surface area is 237 Å². The third-order valence-electron chi connectivity index (χ3n) is 6.41. The van der Waals surface area contributed by atoms with E-state index in [-0.39, 0.29) is 5.69 Å². The fraction of sp³-hybridized carbons (Fsp3) is 0.417. The summed E-state index contributed by atoms with van der Waals surface area (Å²) in [7, 11) is 0. The lowest BCUT2D eigenvalue weighted by Crippen LogP contribution is -2.52. The second-order valence-corrected chi connectivity index (χ2v) is 9.33. The summed E-state index contributed by atoms with van der Waals surface area (Å²) in [6, 6.07) is 4.95. The van der Waals surface area contributed by atoms with Crippen molar-refractivity contribution >= 4 is 17.5 Å². The highest BCUT2D eigenvalue weighted by atomic mass is 19.4. The maximum atomic E-state index is 12.7. The Kier molecular flexibility index (Phi) is 9.23. The number of hydrogen-bond acceptors (Lipinski definition) is 12. The van der Waals surface area contributed by atoms with E-state index in [2.05, 4.69) is 10.1 Å². The van der Waals surface area contributed by atoms with Gasteiger partial charge in [-0.1, -0.05) is 0 Å². The molecule has 8 atom stereocenters. The van der Waals surface area contributed by atoms with E-state index in [1.54, 1.807) is 0 Å². The van der Waals surface area contributed by atoms with Crippen molar-refractivity contribution in [3.8, 4) is 5.75 Å². The van der Waals surface area contributed by atoms with Crippen molar-refractivity contribution in [2.45, 2.75) is 49.4 Å². The minimum absolute atomic E-state index is 0.0141. The molecule has 1 aromatic carbocycles. The number of benzene rings is 1. The van der Waals surface area contributed by atoms with Crippen molar-refractivity contribution in [1.82, 2.24) is 9.55 Å². The first-order valence-electron chi connectivity index (χ1n) is 12.3. The van der Waals surface area contributed by atoms with Gasteiger partial charge in [-0.25, -0.2) is 4.79 Å². The second kappa shape index (κ2) is 12.5. The average Bonchev–Trinajstić information content (AvgIpc) is 3.24. The van der Waals surface area contributed by atoms with Gasteiger partial charge in [0.1, 0.15) is 30.2 Å². The van der Waals surface area contributed by atoms with Gasteiger partial charge in [-0.05, 0) is 30.3 Å². The number of anilines is 1. The molecule has 19 heteroatoms. The van der Waals surface area contributed by atoms with Crippen LogP contribution in [0.4, 0.5) is 18.9 Å². The number of carbonyl (C=O) groups is 2. The van der Waals surface area contributed by atoms with Crippen LogP contribution in [0.2, 0.25) is 0 Å². The molecule has 3 heterocycles. The van der Waals surface area contributed by atoms with Gasteiger partial charge in [0.2, 0.25) is 12.2 Å². The quantitative estimate of drug-likeness (QED) is 0.158. The maximum absolute atomic E-state index is 12.7. The lowest BCUT2D eigenvalue weighted by Gasteiger charge is -2.35. The van der Waals surface area contributed by atoms with Gasteiger partial charge >= 0.3 is 12.1 Å². The fourth-order valence-corrected chi connectivity index (χ4v) is 4.38. The van der Waals surface area contributed by atoms with E-state index in [1.807, 2.05) is 4.98 Å². The fourth-order valence-electron chi connectivity index (χ4n) is 4.38. The minimum Gasteiger partial charge on any atom is -0.456 e. The van der Waals surface area contributed by atoms with E-state index in [9.17, 15) is 52.8 Å². The summed E-state index contributed by atoms with van der Waals surface area (Å²) in [5, 5.41) is 43.7. The first-order valence-corrected chi connectivity index (χ1v) is 12.3. The third kappa shape index (κ3) is 7.21. The minimum atomic E-state index is -4.93. The van der Waals surface area contributed by atoms with Crippen LogP contribution in [0.5, 0.6) is 5.75 Å². The summed E-state index contributed by atoms with van der Waals surface area (Å²) < 4.78 is 58.1. The number of aliphatic hydroxyl groups excluding tert-OH is 4. The Hall–Kier alpha value is -4.27. The molecule has 234 valence electrons. The molecule has 2 aliphatic heterocycles. The molecule has 2 aromatic rings. The third-order valence-corrected chi connectivity index (χ3v) is 6.41. The first-order chi connectivity index (χ1) is 20.2. The van der Waals surface area contributed by atoms with Crippen LogP contribution in [-0.2, 0) is 23.8 Å². The topological polar surface area (TPSA) is 245 Å². The second-order valence-electron chi connectivity index (χ2n) is 9.33. The average molecular weight is 618 g/mol. The van der Waals surface area contributed by atoms with Gasteiger partial charge in [0.05, 0.1) is 6.61 Å². The number of primary amides is 1. The Balaban J connectivity index is 1.50. The van der Waals surface area contributed by atoms with E-state index in [0.717, 1.165) is 47.2 Å². The van der Waals surface area contributed by atoms with E-state index < -0.39 is 96.5 Å². The highest BCUT2D eigenvalue weighted by Gasteiger charge is 2.51. The molecule has 4 rings (SSSR count). The number of carbonyl (C=O) groups excluding carboxylic acids is 2. The van der Waals surface area contributed by atoms with Crippen LogP contribution in [0.3, 0.4) is 0 Å². The molecule has 2 aliphatic rings. The van der Waals surface area contributed by atoms with Crippen LogP contribution in [0.1, 0.15) is 6.23 Å². The van der Waals surface area contributed by atoms with Crippen molar-refractivity contribution in [2.24, 2.45) is 11.7 Å². The predicted molar refractivity (Wildman–Crippen MR) is 133 cm³/mol. The number of aromatic amines is 1. The highest BCUT2D eigenvalue weighted by molar-refractivity contribution is 6.02. The van der Waals surface area contributed by atoms with Crippen molar-refractivity contribution in [2.75, 3.05) is 11.9 Å². The van der Waals surface area contributed by atoms with Gasteiger partial charge in [-0.2, -0.15) is 0 Å². The zero-order valence-electron chi connectivity index (χ0n) is 21.6. The van der Waals surface area contributed by atoms with Crippen molar-refractivity contribution in [1.29, 1.82) is 0 Å². The van der Waals surface area contributed by atoms with E-state index in [1.165, 1.54) is 0 Å². The molecule has 0 bridgehead atoms. The van der Waals surface area contributed by atoms with Gasteiger partial charge in [0.15, 0.2) is 18.1 Å². The largest absolute Gasteiger partial charge is 0.573 e. The summed E-state index contributed by atoms with van der Waals surface area (Å²) in [6.07, 6.45) is -15.5. The summed E-state index contributed by atoms with van der Waals surface area (Å²) in [6.45, 7) is -0.815. The number of nitrogens with zero attached hydrogens (tertiary/aromatic N) is 1. The van der Waals surface area contributed by atoms with Crippen LogP contribution in [0, 0.1) is 5.92 Å². The van der Waals surface area contributed by atoms with E-state index >= 15 is 0 Å². The number of aromatic nitrogens is 2. The zero-order valence-corrected chi connectivity index (χ0v) is 21.6. The lowest BCUT2D eigenvalue weighted by atomic mass is 9.94. The van der Waals surface area contributed by atoms with Crippen LogP contribution in [-0.4, -0.2) is 91.6 Å². The smallest absolute Gasteiger partial charge is 0.456 e. The standard InChI is InChI=1S/C24H25F3N4O12/c25-24(26,27)43-10-3-1-9(2-4-10)29-20(38)13-7-12(33)16(36)22(40-13)42-18(19(28)37)17-11(8-32)15(35)21(41-17)31-6-5-14(34)30-23(31)39/h1-7,11-12,15-18,21-22,32-33,35-36H,8H2,(H2,28,37)(H,29,38)(H,30,34,39)/t11-,12-,15+,16-,17-,18+,21+,22+/m0/s1. The molecule has 0 saturated carbocycles. The summed E-state index contributed by atoms with van der Waals surface area (Å²) in [4.78, 5) is 50.7. The molecule has 1 saturated heterocycles. The summed E-state index contributed by atoms with van der Waals surface area (Å²) in [5.41, 5.74) is 3.72. The maximum Gasteiger partial charge on any atom is 0.573 e. The molecule has 0 unspecified atom stereocenters. The van der Waals surface area contributed by atoms with Gasteiger partial charge in [-0.15, -0.1) is 13.2 Å². The molecular weight excluding hydrogens is 593 g/mol. The SMILES string of the molecule is NC(=O)[C@H](O[C@H]1OC(C(=O)Nc2ccc(OC(F)(F)F)cc2)=C[C@H](O)[C@@H]1O)[C@H]1O[C@@H](n2ccc(=O)[nH]c2=O)[C@H](O)[C@@H]1CO. The molecule has 43 heavy (non-hydrogen) atoms. The number of halogens is 3. The van der Waals surface area contributed by atoms with Gasteiger partial charge < -0.3 is 50.4 Å². The molecule has 8 N–H and O–H groups in total. The number of ether oxygens (including phenoxy) is 4. The number of nitrogens with one attached hydrogen (secondary N) is 2. The van der Waals surface area contributed by atoms with Crippen LogP contribution in [0.25, 0.3) is 0 Å². The van der Waals surface area contributed by atoms with Gasteiger partial charge in [0.25, 0.3) is 11.5 Å². The van der Waals surface area contributed by atoms with E-state index in [4.69, 9.17) is 19.9 Å². The number of amides is 2. The molecule has 2 amide bonds. The first kappa shape index (κ1) is 31.7. The van der Waals surface area contributed by atoms with Crippen molar-refractivity contribution < 1.29 is 62.1 Å². The van der Waals surface area contributed by atoms with E-state index in [0.29, 0.717) is 0 Å².